The van der Waals surface area contributed by atoms with Gasteiger partial charge in [-0.1, -0.05) is 0 Å². The molecule has 5 rings (SSSR count). The van der Waals surface area contributed by atoms with E-state index in [0.717, 1.165) is 31.4 Å². The number of rotatable bonds is 9. The highest BCUT2D eigenvalue weighted by atomic mass is 32.2. The highest BCUT2D eigenvalue weighted by Gasteiger charge is 2.58. The van der Waals surface area contributed by atoms with Crippen molar-refractivity contribution in [3.05, 3.63) is 29.6 Å². The molecule has 2 aliphatic carbocycles. The van der Waals surface area contributed by atoms with Gasteiger partial charge in [0.15, 0.2) is 5.82 Å². The van der Waals surface area contributed by atoms with E-state index in [1.54, 1.807) is 19.3 Å². The van der Waals surface area contributed by atoms with E-state index < -0.39 is 21.4 Å². The number of hydrogen-bond acceptors (Lipinski definition) is 9. The van der Waals surface area contributed by atoms with E-state index in [-0.39, 0.29) is 17.6 Å². The highest BCUT2D eigenvalue weighted by Crippen LogP contribution is 2.60. The molecule has 0 spiro atoms. The van der Waals surface area contributed by atoms with Crippen LogP contribution in [0.15, 0.2) is 12.4 Å². The maximum absolute atomic E-state index is 13.4. The SMILES string of the molecule is CO[C@H](c1cnc(C)cn1)[C@H](C)S(=O)(=O)Nc1nnc([C@H]2COCCO2)n1C1(C2CC2)CC1. The van der Waals surface area contributed by atoms with Gasteiger partial charge >= 0.3 is 0 Å². The summed E-state index contributed by atoms with van der Waals surface area (Å²) in [7, 11) is -2.43. The Morgan fingerprint density at radius 3 is 2.58 bits per heavy atom. The number of aryl methyl sites for hydroxylation is 1. The first kappa shape index (κ1) is 22.6. The zero-order valence-corrected chi connectivity index (χ0v) is 19.9. The fourth-order valence-corrected chi connectivity index (χ4v) is 5.84. The Kier molecular flexibility index (Phi) is 5.88. The van der Waals surface area contributed by atoms with Crippen molar-refractivity contribution in [2.45, 2.75) is 62.5 Å². The summed E-state index contributed by atoms with van der Waals surface area (Å²) in [5, 5.41) is 7.68. The third-order valence-electron chi connectivity index (χ3n) is 6.83. The molecule has 1 N–H and O–H groups in total. The zero-order valence-electron chi connectivity index (χ0n) is 19.1. The van der Waals surface area contributed by atoms with Gasteiger partial charge in [-0.3, -0.25) is 19.3 Å². The molecule has 180 valence electrons. The number of ether oxygens (including phenoxy) is 3. The molecular formula is C21H30N6O5S. The molecule has 1 aliphatic heterocycles. The minimum absolute atomic E-state index is 0.149. The molecule has 3 atom stereocenters. The summed E-state index contributed by atoms with van der Waals surface area (Å²) < 4.78 is 48.5. The highest BCUT2D eigenvalue weighted by molar-refractivity contribution is 7.93. The van der Waals surface area contributed by atoms with Gasteiger partial charge in [0.05, 0.1) is 42.9 Å². The average molecular weight is 479 g/mol. The van der Waals surface area contributed by atoms with Crippen LogP contribution in [-0.2, 0) is 29.8 Å². The lowest BCUT2D eigenvalue weighted by Crippen LogP contribution is -2.35. The Hall–Kier alpha value is -2.15. The largest absolute Gasteiger partial charge is 0.376 e. The molecule has 1 saturated heterocycles. The predicted molar refractivity (Wildman–Crippen MR) is 118 cm³/mol. The average Bonchev–Trinajstić information content (AvgIpc) is 3.73. The quantitative estimate of drug-likeness (QED) is 0.574. The number of aromatic nitrogens is 5. The van der Waals surface area contributed by atoms with Crippen molar-refractivity contribution < 1.29 is 22.6 Å². The van der Waals surface area contributed by atoms with Gasteiger partial charge in [-0.05, 0) is 45.4 Å². The predicted octanol–water partition coefficient (Wildman–Crippen LogP) is 1.88. The molecule has 3 aliphatic rings. The normalized spacial score (nSPS) is 24.3. The molecule has 0 aromatic carbocycles. The molecule has 2 saturated carbocycles. The minimum Gasteiger partial charge on any atom is -0.376 e. The van der Waals surface area contributed by atoms with Crippen LogP contribution < -0.4 is 4.72 Å². The van der Waals surface area contributed by atoms with Gasteiger partial charge in [0, 0.05) is 13.3 Å². The molecule has 0 amide bonds. The molecule has 0 unspecified atom stereocenters. The Morgan fingerprint density at radius 1 is 1.21 bits per heavy atom. The first-order chi connectivity index (χ1) is 15.9. The van der Waals surface area contributed by atoms with Gasteiger partial charge in [0.1, 0.15) is 17.5 Å². The van der Waals surface area contributed by atoms with Gasteiger partial charge < -0.3 is 14.2 Å². The van der Waals surface area contributed by atoms with Crippen molar-refractivity contribution in [1.29, 1.82) is 0 Å². The van der Waals surface area contributed by atoms with Crippen LogP contribution in [0.1, 0.15) is 62.0 Å². The monoisotopic (exact) mass is 478 g/mol. The summed E-state index contributed by atoms with van der Waals surface area (Å²) in [6.45, 7) is 4.79. The van der Waals surface area contributed by atoms with Crippen LogP contribution in [0, 0.1) is 12.8 Å². The number of nitrogens with one attached hydrogen (secondary N) is 1. The van der Waals surface area contributed by atoms with Crippen molar-refractivity contribution in [1.82, 2.24) is 24.7 Å². The summed E-state index contributed by atoms with van der Waals surface area (Å²) >= 11 is 0. The topological polar surface area (TPSA) is 130 Å². The number of methoxy groups -OCH3 is 1. The molecule has 3 heterocycles. The van der Waals surface area contributed by atoms with Crippen LogP contribution >= 0.6 is 0 Å². The molecular weight excluding hydrogens is 448 g/mol. The lowest BCUT2D eigenvalue weighted by Gasteiger charge is -2.28. The summed E-state index contributed by atoms with van der Waals surface area (Å²) in [5.74, 6) is 1.35. The minimum atomic E-state index is -3.90. The van der Waals surface area contributed by atoms with Crippen LogP contribution in [0.3, 0.4) is 0 Å². The second-order valence-corrected chi connectivity index (χ2v) is 11.2. The van der Waals surface area contributed by atoms with E-state index in [4.69, 9.17) is 14.2 Å². The maximum Gasteiger partial charge on any atom is 0.240 e. The van der Waals surface area contributed by atoms with Crippen LogP contribution in [-0.4, -0.2) is 65.3 Å². The first-order valence-corrected chi connectivity index (χ1v) is 12.9. The van der Waals surface area contributed by atoms with E-state index in [0.29, 0.717) is 37.3 Å². The molecule has 2 aromatic heterocycles. The first-order valence-electron chi connectivity index (χ1n) is 11.3. The smallest absolute Gasteiger partial charge is 0.240 e. The van der Waals surface area contributed by atoms with E-state index in [2.05, 4.69) is 24.9 Å². The van der Waals surface area contributed by atoms with Crippen molar-refractivity contribution in [3.8, 4) is 0 Å². The van der Waals surface area contributed by atoms with Crippen molar-refractivity contribution in [2.75, 3.05) is 31.7 Å². The fraction of sp³-hybridized carbons (Fsp3) is 0.714. The summed E-state index contributed by atoms with van der Waals surface area (Å²) in [4.78, 5) is 8.53. The molecule has 12 heteroatoms. The van der Waals surface area contributed by atoms with Crippen LogP contribution in [0.4, 0.5) is 5.95 Å². The van der Waals surface area contributed by atoms with Gasteiger partial charge in [-0.2, -0.15) is 0 Å². The number of nitrogens with zero attached hydrogens (tertiary/aromatic N) is 5. The van der Waals surface area contributed by atoms with Crippen molar-refractivity contribution in [2.24, 2.45) is 5.92 Å². The second kappa shape index (κ2) is 8.57. The summed E-state index contributed by atoms with van der Waals surface area (Å²) in [6, 6.07) is 0. The molecule has 0 bridgehead atoms. The van der Waals surface area contributed by atoms with E-state index in [1.165, 1.54) is 7.11 Å². The Morgan fingerprint density at radius 2 is 2.00 bits per heavy atom. The van der Waals surface area contributed by atoms with E-state index >= 15 is 0 Å². The standard InChI is InChI=1S/C21H30N6O5S/c1-13-10-23-16(11-22-13)18(30-3)14(2)33(28,29)26-20-25-24-19(17-12-31-8-9-32-17)27(20)21(6-7-21)15-4-5-15/h10-11,14-15,17-18H,4-9,12H2,1-3H3,(H,25,26)/t14-,17+,18-/m0/s1. The molecule has 2 aromatic rings. The van der Waals surface area contributed by atoms with E-state index in [9.17, 15) is 8.42 Å². The molecule has 11 nitrogen and oxygen atoms in total. The zero-order chi connectivity index (χ0) is 23.2. The summed E-state index contributed by atoms with van der Waals surface area (Å²) in [5.41, 5.74) is 1.04. The van der Waals surface area contributed by atoms with Gasteiger partial charge in [0.2, 0.25) is 16.0 Å². The van der Waals surface area contributed by atoms with Crippen molar-refractivity contribution in [3.63, 3.8) is 0 Å². The van der Waals surface area contributed by atoms with Crippen molar-refractivity contribution >= 4 is 16.0 Å². The van der Waals surface area contributed by atoms with Gasteiger partial charge in [-0.15, -0.1) is 10.2 Å². The Bertz CT molecular complexity index is 1090. The third-order valence-corrected chi connectivity index (χ3v) is 8.53. The number of sulfonamides is 1. The number of hydrogen-bond donors (Lipinski definition) is 1. The lowest BCUT2D eigenvalue weighted by atomic mass is 10.1. The van der Waals surface area contributed by atoms with Crippen LogP contribution in [0.5, 0.6) is 0 Å². The van der Waals surface area contributed by atoms with Gasteiger partial charge in [-0.25, -0.2) is 8.42 Å². The van der Waals surface area contributed by atoms with E-state index in [1.807, 2.05) is 11.5 Å². The number of anilines is 1. The second-order valence-electron chi connectivity index (χ2n) is 9.12. The van der Waals surface area contributed by atoms with Gasteiger partial charge in [0.25, 0.3) is 0 Å². The molecule has 3 fully saturated rings. The van der Waals surface area contributed by atoms with Crippen LogP contribution in [0.25, 0.3) is 0 Å². The molecule has 33 heavy (non-hydrogen) atoms. The maximum atomic E-state index is 13.4. The third kappa shape index (κ3) is 4.25. The lowest BCUT2D eigenvalue weighted by molar-refractivity contribution is -0.0954. The Labute approximate surface area is 193 Å². The summed E-state index contributed by atoms with van der Waals surface area (Å²) in [6.07, 6.45) is 6.17. The Balaban J connectivity index is 1.45. The van der Waals surface area contributed by atoms with Crippen LogP contribution in [0.2, 0.25) is 0 Å². The molecule has 0 radical (unpaired) electrons. The fourth-order valence-electron chi connectivity index (χ4n) is 4.70.